The van der Waals surface area contributed by atoms with Gasteiger partial charge in [0, 0.05) is 12.8 Å². The Labute approximate surface area is 235 Å². The van der Waals surface area contributed by atoms with Crippen molar-refractivity contribution in [2.24, 2.45) is 5.92 Å². The molecule has 10 heteroatoms. The number of amides is 3. The summed E-state index contributed by atoms with van der Waals surface area (Å²) in [5, 5.41) is 8.21. The fourth-order valence-corrected chi connectivity index (χ4v) is 4.25. The van der Waals surface area contributed by atoms with Crippen molar-refractivity contribution in [2.45, 2.75) is 77.6 Å². The minimum Gasteiger partial charge on any atom is -0.467 e. The Bertz CT molecular complexity index is 1210. The van der Waals surface area contributed by atoms with Crippen molar-refractivity contribution in [3.8, 4) is 11.5 Å². The van der Waals surface area contributed by atoms with E-state index in [0.717, 1.165) is 11.1 Å². The SMILES string of the molecule is CC[C@H](C)[C@@H]1NC(=O)[C@@H](NC(=O)OC(C)(C)C)Cc2ccc(cc2)Oc2cccc(c2)C[C@@H](C(=O)OC)NC1=O. The van der Waals surface area contributed by atoms with Crippen LogP contribution in [0.3, 0.4) is 0 Å². The molecule has 40 heavy (non-hydrogen) atoms. The number of carbonyl (C=O) groups is 4. The van der Waals surface area contributed by atoms with Crippen molar-refractivity contribution in [3.63, 3.8) is 0 Å². The first-order chi connectivity index (χ1) is 18.9. The van der Waals surface area contributed by atoms with Crippen molar-refractivity contribution in [2.75, 3.05) is 7.11 Å². The van der Waals surface area contributed by atoms with Gasteiger partial charge in [-0.25, -0.2) is 9.59 Å². The van der Waals surface area contributed by atoms with Crippen LogP contribution in [0.5, 0.6) is 11.5 Å². The maximum Gasteiger partial charge on any atom is 0.408 e. The molecule has 2 aliphatic rings. The molecule has 4 atom stereocenters. The lowest BCUT2D eigenvalue weighted by Gasteiger charge is -2.28. The molecule has 0 radical (unpaired) electrons. The Morgan fingerprint density at radius 2 is 1.70 bits per heavy atom. The molecule has 216 valence electrons. The highest BCUT2D eigenvalue weighted by molar-refractivity contribution is 5.93. The van der Waals surface area contributed by atoms with Gasteiger partial charge in [-0.15, -0.1) is 0 Å². The van der Waals surface area contributed by atoms with Crippen LogP contribution in [0.2, 0.25) is 0 Å². The second-order valence-corrected chi connectivity index (χ2v) is 11.0. The zero-order chi connectivity index (χ0) is 29.4. The number of fused-ring (bicyclic) bond motifs is 10. The normalized spacial score (nSPS) is 20.7. The number of hydrogen-bond donors (Lipinski definition) is 3. The van der Waals surface area contributed by atoms with Crippen LogP contribution >= 0.6 is 0 Å². The number of ether oxygens (including phenoxy) is 3. The van der Waals surface area contributed by atoms with Gasteiger partial charge in [-0.3, -0.25) is 9.59 Å². The first kappa shape index (κ1) is 30.5. The Kier molecular flexibility index (Phi) is 10.1. The molecule has 4 bridgehead atoms. The topological polar surface area (TPSA) is 132 Å². The highest BCUT2D eigenvalue weighted by Gasteiger charge is 2.33. The quantitative estimate of drug-likeness (QED) is 0.493. The molecule has 10 nitrogen and oxygen atoms in total. The summed E-state index contributed by atoms with van der Waals surface area (Å²) in [5.74, 6) is -0.856. The summed E-state index contributed by atoms with van der Waals surface area (Å²) in [7, 11) is 1.25. The summed E-state index contributed by atoms with van der Waals surface area (Å²) in [4.78, 5) is 52.4. The van der Waals surface area contributed by atoms with Crippen LogP contribution in [0.25, 0.3) is 0 Å². The van der Waals surface area contributed by atoms with Crippen molar-refractivity contribution >= 4 is 23.9 Å². The molecular weight excluding hydrogens is 514 g/mol. The summed E-state index contributed by atoms with van der Waals surface area (Å²) < 4.78 is 16.3. The van der Waals surface area contributed by atoms with Crippen molar-refractivity contribution < 1.29 is 33.4 Å². The number of methoxy groups -OCH3 is 1. The molecule has 2 aromatic rings. The molecule has 0 saturated heterocycles. The van der Waals surface area contributed by atoms with Crippen LogP contribution in [-0.2, 0) is 36.7 Å². The number of carbonyl (C=O) groups excluding carboxylic acids is 4. The zero-order valence-corrected chi connectivity index (χ0v) is 23.9. The molecule has 0 spiro atoms. The average molecular weight is 554 g/mol. The molecule has 2 aliphatic heterocycles. The monoisotopic (exact) mass is 553 g/mol. The van der Waals surface area contributed by atoms with Crippen LogP contribution in [0, 0.1) is 5.92 Å². The highest BCUT2D eigenvalue weighted by atomic mass is 16.6. The number of hydrogen-bond acceptors (Lipinski definition) is 7. The number of rotatable bonds is 4. The van der Waals surface area contributed by atoms with E-state index in [-0.39, 0.29) is 18.8 Å². The Morgan fingerprint density at radius 3 is 2.33 bits per heavy atom. The largest absolute Gasteiger partial charge is 0.467 e. The van der Waals surface area contributed by atoms with Gasteiger partial charge in [-0.1, -0.05) is 44.5 Å². The number of nitrogens with one attached hydrogen (secondary N) is 3. The summed E-state index contributed by atoms with van der Waals surface area (Å²) in [5.41, 5.74) is 0.742. The fourth-order valence-electron chi connectivity index (χ4n) is 4.25. The van der Waals surface area contributed by atoms with E-state index < -0.39 is 47.6 Å². The third-order valence-corrected chi connectivity index (χ3v) is 6.54. The van der Waals surface area contributed by atoms with E-state index >= 15 is 0 Å². The highest BCUT2D eigenvalue weighted by Crippen LogP contribution is 2.24. The summed E-state index contributed by atoms with van der Waals surface area (Å²) in [6.07, 6.45) is 0.110. The third kappa shape index (κ3) is 8.72. The Balaban J connectivity index is 2.02. The van der Waals surface area contributed by atoms with Gasteiger partial charge in [0.15, 0.2) is 0 Å². The predicted molar refractivity (Wildman–Crippen MR) is 149 cm³/mol. The van der Waals surface area contributed by atoms with Crippen LogP contribution in [-0.4, -0.2) is 54.7 Å². The minimum absolute atomic E-state index is 0.139. The molecule has 2 heterocycles. The molecule has 0 aromatic heterocycles. The van der Waals surface area contributed by atoms with Gasteiger partial charge in [-0.05, 0) is 62.1 Å². The molecule has 4 rings (SSSR count). The molecule has 0 aliphatic carbocycles. The number of esters is 1. The smallest absolute Gasteiger partial charge is 0.408 e. The minimum atomic E-state index is -1.04. The maximum atomic E-state index is 13.6. The second kappa shape index (κ2) is 13.3. The van der Waals surface area contributed by atoms with Crippen molar-refractivity contribution in [3.05, 3.63) is 59.7 Å². The van der Waals surface area contributed by atoms with Gasteiger partial charge < -0.3 is 30.2 Å². The maximum absolute atomic E-state index is 13.6. The molecule has 0 unspecified atom stereocenters. The van der Waals surface area contributed by atoms with Gasteiger partial charge >= 0.3 is 12.1 Å². The van der Waals surface area contributed by atoms with E-state index in [0.29, 0.717) is 17.9 Å². The average Bonchev–Trinajstić information content (AvgIpc) is 2.89. The number of benzene rings is 2. The van der Waals surface area contributed by atoms with Crippen molar-refractivity contribution in [1.82, 2.24) is 16.0 Å². The van der Waals surface area contributed by atoms with Crippen molar-refractivity contribution in [1.29, 1.82) is 0 Å². The second-order valence-electron chi connectivity index (χ2n) is 11.0. The predicted octanol–water partition coefficient (Wildman–Crippen LogP) is 3.66. The van der Waals surface area contributed by atoms with Crippen LogP contribution < -0.4 is 20.7 Å². The molecule has 0 saturated carbocycles. The first-order valence-electron chi connectivity index (χ1n) is 13.4. The molecule has 2 aromatic carbocycles. The molecular formula is C30H39N3O7. The lowest BCUT2D eigenvalue weighted by Crippen LogP contribution is -2.58. The number of alkyl carbamates (subject to hydrolysis) is 1. The van der Waals surface area contributed by atoms with E-state index in [2.05, 4.69) is 16.0 Å². The fraction of sp³-hybridized carbons (Fsp3) is 0.467. The van der Waals surface area contributed by atoms with E-state index in [1.165, 1.54) is 7.11 Å². The Morgan fingerprint density at radius 1 is 1.00 bits per heavy atom. The molecule has 3 N–H and O–H groups in total. The summed E-state index contributed by atoms with van der Waals surface area (Å²) >= 11 is 0. The third-order valence-electron chi connectivity index (χ3n) is 6.54. The van der Waals surface area contributed by atoms with Crippen LogP contribution in [0.15, 0.2) is 48.5 Å². The molecule has 3 amide bonds. The lowest BCUT2D eigenvalue weighted by atomic mass is 9.96. The van der Waals surface area contributed by atoms with Crippen LogP contribution in [0.1, 0.15) is 52.2 Å². The van der Waals surface area contributed by atoms with Gasteiger partial charge in [0.25, 0.3) is 0 Å². The van der Waals surface area contributed by atoms with E-state index in [9.17, 15) is 19.2 Å². The van der Waals surface area contributed by atoms with E-state index in [1.807, 2.05) is 19.9 Å². The summed E-state index contributed by atoms with van der Waals surface area (Å²) in [6.45, 7) is 8.90. The van der Waals surface area contributed by atoms with Gasteiger partial charge in [0.2, 0.25) is 11.8 Å². The Hall–Kier alpha value is -4.08. The van der Waals surface area contributed by atoms with Gasteiger partial charge in [0.1, 0.15) is 35.2 Å². The van der Waals surface area contributed by atoms with Gasteiger partial charge in [-0.2, -0.15) is 0 Å². The summed E-state index contributed by atoms with van der Waals surface area (Å²) in [6, 6.07) is 11.4. The molecule has 0 fully saturated rings. The zero-order valence-electron chi connectivity index (χ0n) is 23.9. The van der Waals surface area contributed by atoms with Crippen LogP contribution in [0.4, 0.5) is 4.79 Å². The van der Waals surface area contributed by atoms with Gasteiger partial charge in [0.05, 0.1) is 7.11 Å². The van der Waals surface area contributed by atoms with E-state index in [4.69, 9.17) is 14.2 Å². The van der Waals surface area contributed by atoms with E-state index in [1.54, 1.807) is 63.2 Å². The first-order valence-corrected chi connectivity index (χ1v) is 13.4. The lowest BCUT2D eigenvalue weighted by molar-refractivity contribution is -0.145. The standard InChI is InChI=1S/C30H39N3O7/c1-7-18(2)25-27(35)31-24(28(36)38-6)17-20-9-8-10-22(15-20)39-21-13-11-19(12-14-21)16-23(26(34)33-25)32-29(37)40-30(3,4)5/h8-15,18,23-25H,7,16-17H2,1-6H3,(H,31,35)(H,32,37)(H,33,34)/t18-,23-,24-,25-/m0/s1.